The van der Waals surface area contributed by atoms with Crippen molar-refractivity contribution < 1.29 is 14.6 Å². The molecule has 2 saturated heterocycles. The molecule has 0 bridgehead atoms. The van der Waals surface area contributed by atoms with Crippen LogP contribution in [0.5, 0.6) is 5.75 Å². The van der Waals surface area contributed by atoms with E-state index in [0.717, 1.165) is 37.5 Å². The number of likely N-dealkylation sites (N-methyl/N-ethyl adjacent to an activating group) is 1. The zero-order valence-electron chi connectivity index (χ0n) is 15.2. The number of rotatable bonds is 5. The number of carbonyl (C=O) groups excluding carboxylic acids is 1. The van der Waals surface area contributed by atoms with Gasteiger partial charge in [0.15, 0.2) is 0 Å². The Morgan fingerprint density at radius 1 is 1.16 bits per heavy atom. The van der Waals surface area contributed by atoms with Crippen LogP contribution < -0.4 is 4.74 Å². The minimum Gasteiger partial charge on any atom is -0.497 e. The summed E-state index contributed by atoms with van der Waals surface area (Å²) in [7, 11) is 3.77. The van der Waals surface area contributed by atoms with E-state index in [4.69, 9.17) is 4.74 Å². The Morgan fingerprint density at radius 2 is 1.84 bits per heavy atom. The van der Waals surface area contributed by atoms with Crippen molar-refractivity contribution in [1.29, 1.82) is 0 Å². The smallest absolute Gasteiger partial charge is 0.223 e. The molecule has 2 aliphatic rings. The lowest BCUT2D eigenvalue weighted by molar-refractivity contribution is -0.130. The molecule has 0 spiro atoms. The summed E-state index contributed by atoms with van der Waals surface area (Å²) in [6.45, 7) is 5.08. The van der Waals surface area contributed by atoms with E-state index in [1.165, 1.54) is 0 Å². The molecular formula is C19H29N3O3. The van der Waals surface area contributed by atoms with Crippen LogP contribution in [0.25, 0.3) is 0 Å². The van der Waals surface area contributed by atoms with Crippen LogP contribution in [0.4, 0.5) is 0 Å². The van der Waals surface area contributed by atoms with E-state index in [9.17, 15) is 9.90 Å². The number of ether oxygens (including phenoxy) is 1. The second-order valence-corrected chi connectivity index (χ2v) is 7.12. The van der Waals surface area contributed by atoms with Crippen molar-refractivity contribution in [2.75, 3.05) is 53.4 Å². The lowest BCUT2D eigenvalue weighted by Gasteiger charge is -2.37. The first-order valence-electron chi connectivity index (χ1n) is 9.08. The number of aliphatic hydroxyl groups is 1. The Labute approximate surface area is 150 Å². The van der Waals surface area contributed by atoms with Crippen LogP contribution >= 0.6 is 0 Å². The molecule has 1 aromatic rings. The molecule has 1 N–H and O–H groups in total. The predicted molar refractivity (Wildman–Crippen MR) is 96.8 cm³/mol. The van der Waals surface area contributed by atoms with E-state index in [0.29, 0.717) is 25.9 Å². The Balaban J connectivity index is 1.49. The molecule has 2 aliphatic heterocycles. The van der Waals surface area contributed by atoms with E-state index in [1.807, 2.05) is 29.2 Å². The number of amides is 1. The fourth-order valence-electron chi connectivity index (χ4n) is 3.69. The van der Waals surface area contributed by atoms with Gasteiger partial charge in [-0.15, -0.1) is 0 Å². The summed E-state index contributed by atoms with van der Waals surface area (Å²) in [6.07, 6.45) is 0.761. The van der Waals surface area contributed by atoms with Crippen molar-refractivity contribution >= 4 is 5.91 Å². The monoisotopic (exact) mass is 347 g/mol. The van der Waals surface area contributed by atoms with Gasteiger partial charge in [0.25, 0.3) is 0 Å². The normalized spacial score (nSPS) is 25.3. The molecule has 0 radical (unpaired) electrons. The van der Waals surface area contributed by atoms with Gasteiger partial charge in [-0.25, -0.2) is 0 Å². The second kappa shape index (κ2) is 8.17. The third kappa shape index (κ3) is 4.51. The number of carbonyl (C=O) groups is 1. The van der Waals surface area contributed by atoms with Gasteiger partial charge < -0.3 is 19.6 Å². The minimum atomic E-state index is -0.437. The topological polar surface area (TPSA) is 56.2 Å². The highest BCUT2D eigenvalue weighted by molar-refractivity contribution is 5.77. The summed E-state index contributed by atoms with van der Waals surface area (Å²) in [5.41, 5.74) is 1.13. The molecule has 0 aromatic heterocycles. The Morgan fingerprint density at radius 3 is 2.48 bits per heavy atom. The van der Waals surface area contributed by atoms with Crippen LogP contribution in [-0.4, -0.2) is 91.3 Å². The number of β-amino-alcohol motifs (C(OH)–C–C–N with tert-alkyl or cyclic N) is 1. The number of nitrogens with zero attached hydrogens (tertiary/aromatic N) is 3. The van der Waals surface area contributed by atoms with E-state index < -0.39 is 6.10 Å². The number of hydrogen-bond donors (Lipinski definition) is 1. The third-order valence-electron chi connectivity index (χ3n) is 5.41. The fourth-order valence-corrected chi connectivity index (χ4v) is 3.69. The predicted octanol–water partition coefficient (Wildman–Crippen LogP) is 0.447. The van der Waals surface area contributed by atoms with E-state index in [2.05, 4.69) is 16.8 Å². The van der Waals surface area contributed by atoms with Crippen LogP contribution in [-0.2, 0) is 11.2 Å². The number of aliphatic hydroxyl groups excluding tert-OH is 1. The van der Waals surface area contributed by atoms with E-state index >= 15 is 0 Å². The van der Waals surface area contributed by atoms with Gasteiger partial charge >= 0.3 is 0 Å². The van der Waals surface area contributed by atoms with Crippen molar-refractivity contribution in [3.63, 3.8) is 0 Å². The molecule has 3 rings (SSSR count). The quantitative estimate of drug-likeness (QED) is 0.838. The van der Waals surface area contributed by atoms with Crippen molar-refractivity contribution in [3.05, 3.63) is 29.8 Å². The van der Waals surface area contributed by atoms with Gasteiger partial charge in [-0.1, -0.05) is 12.1 Å². The highest BCUT2D eigenvalue weighted by Crippen LogP contribution is 2.20. The molecule has 2 fully saturated rings. The number of piperazine rings is 1. The summed E-state index contributed by atoms with van der Waals surface area (Å²) >= 11 is 0. The zero-order chi connectivity index (χ0) is 17.8. The average Bonchev–Trinajstić information content (AvgIpc) is 3.02. The van der Waals surface area contributed by atoms with Gasteiger partial charge in [-0.3, -0.25) is 9.69 Å². The molecule has 2 heterocycles. The number of benzene rings is 1. The molecule has 0 aliphatic carbocycles. The Kier molecular flexibility index (Phi) is 5.93. The fraction of sp³-hybridized carbons (Fsp3) is 0.632. The summed E-state index contributed by atoms with van der Waals surface area (Å²) in [6, 6.07) is 7.92. The highest BCUT2D eigenvalue weighted by Gasteiger charge is 2.38. The van der Waals surface area contributed by atoms with Crippen LogP contribution in [0.2, 0.25) is 0 Å². The molecule has 138 valence electrons. The Bertz CT molecular complexity index is 570. The van der Waals surface area contributed by atoms with Crippen LogP contribution in [0.3, 0.4) is 0 Å². The van der Waals surface area contributed by atoms with Crippen molar-refractivity contribution in [2.24, 2.45) is 0 Å². The first-order valence-corrected chi connectivity index (χ1v) is 9.08. The largest absolute Gasteiger partial charge is 0.497 e. The van der Waals surface area contributed by atoms with Crippen molar-refractivity contribution in [3.8, 4) is 5.75 Å². The maximum atomic E-state index is 12.5. The maximum absolute atomic E-state index is 12.5. The van der Waals surface area contributed by atoms with Crippen LogP contribution in [0.1, 0.15) is 12.0 Å². The maximum Gasteiger partial charge on any atom is 0.223 e. The summed E-state index contributed by atoms with van der Waals surface area (Å²) in [4.78, 5) is 19.0. The molecule has 2 atom stereocenters. The van der Waals surface area contributed by atoms with Crippen LogP contribution in [0.15, 0.2) is 24.3 Å². The molecular weight excluding hydrogens is 318 g/mol. The summed E-state index contributed by atoms with van der Waals surface area (Å²) < 4.78 is 5.15. The standard InChI is InChI=1S/C19H29N3O3/c1-20-9-11-21(12-10-20)17-13-22(14-18(17)23)19(24)8-5-15-3-6-16(25-2)7-4-15/h3-4,6-7,17-18,23H,5,8-14H2,1-2H3/t17-,18-/m1/s1. The molecule has 1 amide bonds. The zero-order valence-corrected chi connectivity index (χ0v) is 15.2. The first-order chi connectivity index (χ1) is 12.1. The molecule has 1 aromatic carbocycles. The van der Waals surface area contributed by atoms with Crippen molar-refractivity contribution in [2.45, 2.75) is 25.0 Å². The minimum absolute atomic E-state index is 0.0821. The number of methoxy groups -OCH3 is 1. The number of hydrogen-bond acceptors (Lipinski definition) is 5. The molecule has 0 saturated carbocycles. The summed E-state index contributed by atoms with van der Waals surface area (Å²) in [5.74, 6) is 0.958. The van der Waals surface area contributed by atoms with Gasteiger partial charge in [0, 0.05) is 45.7 Å². The SMILES string of the molecule is COc1ccc(CCC(=O)N2C[C@@H](O)[C@H](N3CCN(C)CC3)C2)cc1. The number of likely N-dealkylation sites (tertiary alicyclic amines) is 1. The molecule has 6 nitrogen and oxygen atoms in total. The lowest BCUT2D eigenvalue weighted by atomic mass is 10.1. The van der Waals surface area contributed by atoms with Crippen LogP contribution in [0, 0.1) is 0 Å². The molecule has 0 unspecified atom stereocenters. The Hall–Kier alpha value is -1.63. The first kappa shape index (κ1) is 18.2. The summed E-state index contributed by atoms with van der Waals surface area (Å²) in [5, 5.41) is 10.4. The van der Waals surface area contributed by atoms with E-state index in [1.54, 1.807) is 7.11 Å². The van der Waals surface area contributed by atoms with Crippen molar-refractivity contribution in [1.82, 2.24) is 14.7 Å². The van der Waals surface area contributed by atoms with Gasteiger partial charge in [-0.05, 0) is 31.2 Å². The van der Waals surface area contributed by atoms with E-state index in [-0.39, 0.29) is 11.9 Å². The average molecular weight is 347 g/mol. The highest BCUT2D eigenvalue weighted by atomic mass is 16.5. The lowest BCUT2D eigenvalue weighted by Crippen LogP contribution is -2.52. The number of aryl methyl sites for hydroxylation is 1. The van der Waals surface area contributed by atoms with Gasteiger partial charge in [-0.2, -0.15) is 0 Å². The van der Waals surface area contributed by atoms with Gasteiger partial charge in [0.2, 0.25) is 5.91 Å². The molecule has 6 heteroatoms. The molecule has 25 heavy (non-hydrogen) atoms. The third-order valence-corrected chi connectivity index (χ3v) is 5.41. The van der Waals surface area contributed by atoms with Gasteiger partial charge in [0.1, 0.15) is 5.75 Å². The second-order valence-electron chi connectivity index (χ2n) is 7.12. The van der Waals surface area contributed by atoms with Gasteiger partial charge in [0.05, 0.1) is 19.3 Å².